The van der Waals surface area contributed by atoms with Crippen molar-refractivity contribution in [3.63, 3.8) is 0 Å². The minimum atomic E-state index is 0.239. The molecular weight excluding hydrogens is 136 g/mol. The summed E-state index contributed by atoms with van der Waals surface area (Å²) in [6, 6.07) is 0. The lowest BCUT2D eigenvalue weighted by Crippen LogP contribution is -2.12. The van der Waals surface area contributed by atoms with Crippen LogP contribution in [0.4, 0.5) is 0 Å². The summed E-state index contributed by atoms with van der Waals surface area (Å²) in [4.78, 5) is 11.0. The second-order valence-corrected chi connectivity index (χ2v) is 3.01. The van der Waals surface area contributed by atoms with E-state index >= 15 is 0 Å². The minimum Gasteiger partial charge on any atom is -0.295 e. The SMILES string of the molecule is O=C1C=CC2CC=CC=C2C1. The van der Waals surface area contributed by atoms with Crippen LogP contribution in [0.5, 0.6) is 0 Å². The van der Waals surface area contributed by atoms with Crippen LogP contribution in [0, 0.1) is 5.92 Å². The molecule has 0 amide bonds. The molecule has 0 radical (unpaired) electrons. The zero-order chi connectivity index (χ0) is 7.68. The molecule has 2 aliphatic carbocycles. The molecule has 1 heteroatoms. The zero-order valence-corrected chi connectivity index (χ0v) is 6.29. The first-order valence-corrected chi connectivity index (χ1v) is 3.93. The molecule has 0 saturated heterocycles. The number of allylic oxidation sites excluding steroid dienone is 6. The molecule has 2 aliphatic rings. The summed E-state index contributed by atoms with van der Waals surface area (Å²) in [6.45, 7) is 0. The van der Waals surface area contributed by atoms with E-state index in [4.69, 9.17) is 0 Å². The van der Waals surface area contributed by atoms with Gasteiger partial charge in [0.15, 0.2) is 5.78 Å². The molecule has 0 saturated carbocycles. The fourth-order valence-electron chi connectivity index (χ4n) is 1.57. The molecular formula is C10H10O. The van der Waals surface area contributed by atoms with Gasteiger partial charge in [0, 0.05) is 12.3 Å². The van der Waals surface area contributed by atoms with E-state index in [0.717, 1.165) is 6.42 Å². The Hall–Kier alpha value is -1.11. The van der Waals surface area contributed by atoms with Crippen molar-refractivity contribution in [1.82, 2.24) is 0 Å². The van der Waals surface area contributed by atoms with Gasteiger partial charge in [-0.3, -0.25) is 4.79 Å². The molecule has 1 atom stereocenters. The lowest BCUT2D eigenvalue weighted by molar-refractivity contribution is -0.114. The van der Waals surface area contributed by atoms with Gasteiger partial charge >= 0.3 is 0 Å². The molecule has 0 spiro atoms. The smallest absolute Gasteiger partial charge is 0.159 e. The molecule has 0 aliphatic heterocycles. The number of hydrogen-bond donors (Lipinski definition) is 0. The maximum atomic E-state index is 11.0. The summed E-state index contributed by atoms with van der Waals surface area (Å²) in [5, 5.41) is 0. The van der Waals surface area contributed by atoms with Gasteiger partial charge in [-0.05, 0) is 12.5 Å². The van der Waals surface area contributed by atoms with Crippen LogP contribution in [0.2, 0.25) is 0 Å². The van der Waals surface area contributed by atoms with Gasteiger partial charge in [0.25, 0.3) is 0 Å². The predicted molar refractivity (Wildman–Crippen MR) is 44.1 cm³/mol. The van der Waals surface area contributed by atoms with Crippen LogP contribution in [-0.2, 0) is 4.79 Å². The second-order valence-electron chi connectivity index (χ2n) is 3.01. The Morgan fingerprint density at radius 1 is 1.45 bits per heavy atom. The van der Waals surface area contributed by atoms with Crippen LogP contribution in [0.25, 0.3) is 0 Å². The fourth-order valence-corrected chi connectivity index (χ4v) is 1.57. The van der Waals surface area contributed by atoms with E-state index < -0.39 is 0 Å². The molecule has 0 fully saturated rings. The summed E-state index contributed by atoms with van der Waals surface area (Å²) < 4.78 is 0. The Kier molecular flexibility index (Phi) is 1.50. The molecule has 56 valence electrons. The van der Waals surface area contributed by atoms with Crippen molar-refractivity contribution in [2.24, 2.45) is 5.92 Å². The number of fused-ring (bicyclic) bond motifs is 1. The first-order valence-electron chi connectivity index (χ1n) is 3.93. The third kappa shape index (κ3) is 1.18. The average Bonchev–Trinajstić information content (AvgIpc) is 2.04. The molecule has 0 heterocycles. The fraction of sp³-hybridized carbons (Fsp3) is 0.300. The lowest BCUT2D eigenvalue weighted by atomic mass is 9.84. The molecule has 0 N–H and O–H groups in total. The van der Waals surface area contributed by atoms with Crippen LogP contribution >= 0.6 is 0 Å². The van der Waals surface area contributed by atoms with E-state index in [1.54, 1.807) is 6.08 Å². The van der Waals surface area contributed by atoms with Crippen molar-refractivity contribution >= 4 is 5.78 Å². The molecule has 0 aromatic carbocycles. The van der Waals surface area contributed by atoms with Crippen molar-refractivity contribution in [1.29, 1.82) is 0 Å². The van der Waals surface area contributed by atoms with Gasteiger partial charge < -0.3 is 0 Å². The topological polar surface area (TPSA) is 17.1 Å². The van der Waals surface area contributed by atoms with Gasteiger partial charge in [0.05, 0.1) is 0 Å². The molecule has 11 heavy (non-hydrogen) atoms. The summed E-state index contributed by atoms with van der Waals surface area (Å²) in [5.74, 6) is 0.750. The largest absolute Gasteiger partial charge is 0.295 e. The van der Waals surface area contributed by atoms with Gasteiger partial charge in [0.1, 0.15) is 0 Å². The first-order chi connectivity index (χ1) is 5.36. The summed E-state index contributed by atoms with van der Waals surface area (Å²) in [7, 11) is 0. The Labute approximate surface area is 66.1 Å². The summed E-state index contributed by atoms with van der Waals surface area (Å²) >= 11 is 0. The van der Waals surface area contributed by atoms with Gasteiger partial charge in [-0.2, -0.15) is 0 Å². The number of hydrogen-bond acceptors (Lipinski definition) is 1. The molecule has 1 nitrogen and oxygen atoms in total. The third-order valence-corrected chi connectivity index (χ3v) is 2.21. The van der Waals surface area contributed by atoms with Crippen molar-refractivity contribution in [3.05, 3.63) is 36.0 Å². The van der Waals surface area contributed by atoms with E-state index in [1.807, 2.05) is 12.2 Å². The standard InChI is InChI=1S/C10H10O/c11-10-6-5-8-3-1-2-4-9(8)7-10/h1-2,4-6,8H,3,7H2. The average molecular weight is 146 g/mol. The monoisotopic (exact) mass is 146 g/mol. The summed E-state index contributed by atoms with van der Waals surface area (Å²) in [6.07, 6.45) is 11.7. The van der Waals surface area contributed by atoms with Crippen LogP contribution in [-0.4, -0.2) is 5.78 Å². The maximum absolute atomic E-state index is 11.0. The quantitative estimate of drug-likeness (QED) is 0.511. The number of rotatable bonds is 0. The van der Waals surface area contributed by atoms with Gasteiger partial charge in [0.2, 0.25) is 0 Å². The maximum Gasteiger partial charge on any atom is 0.159 e. The highest BCUT2D eigenvalue weighted by Crippen LogP contribution is 2.27. The molecule has 2 rings (SSSR count). The highest BCUT2D eigenvalue weighted by molar-refractivity contribution is 5.93. The molecule has 1 unspecified atom stereocenters. The summed E-state index contributed by atoms with van der Waals surface area (Å²) in [5.41, 5.74) is 1.28. The molecule has 0 bridgehead atoms. The van der Waals surface area contributed by atoms with E-state index in [9.17, 15) is 4.79 Å². The second kappa shape index (κ2) is 2.50. The predicted octanol–water partition coefficient (Wildman–Crippen LogP) is 2.02. The van der Waals surface area contributed by atoms with Crippen LogP contribution < -0.4 is 0 Å². The first kappa shape index (κ1) is 6.59. The third-order valence-electron chi connectivity index (χ3n) is 2.21. The molecule has 0 aromatic heterocycles. The van der Waals surface area contributed by atoms with Gasteiger partial charge in [-0.15, -0.1) is 0 Å². The van der Waals surface area contributed by atoms with Crippen molar-refractivity contribution in [2.45, 2.75) is 12.8 Å². The number of carbonyl (C=O) groups is 1. The lowest BCUT2D eigenvalue weighted by Gasteiger charge is -2.20. The van der Waals surface area contributed by atoms with Gasteiger partial charge in [-0.25, -0.2) is 0 Å². The van der Waals surface area contributed by atoms with Crippen molar-refractivity contribution < 1.29 is 4.79 Å². The Morgan fingerprint density at radius 2 is 2.36 bits per heavy atom. The van der Waals surface area contributed by atoms with Gasteiger partial charge in [-0.1, -0.05) is 29.9 Å². The Balaban J connectivity index is 2.31. The van der Waals surface area contributed by atoms with Crippen molar-refractivity contribution in [3.8, 4) is 0 Å². The van der Waals surface area contributed by atoms with E-state index in [2.05, 4.69) is 12.2 Å². The highest BCUT2D eigenvalue weighted by Gasteiger charge is 2.18. The van der Waals surface area contributed by atoms with Crippen molar-refractivity contribution in [2.75, 3.05) is 0 Å². The Bertz CT molecular complexity index is 269. The number of ketones is 1. The minimum absolute atomic E-state index is 0.239. The van der Waals surface area contributed by atoms with Crippen LogP contribution in [0.1, 0.15) is 12.8 Å². The van der Waals surface area contributed by atoms with Crippen LogP contribution in [0.3, 0.4) is 0 Å². The zero-order valence-electron chi connectivity index (χ0n) is 6.29. The van der Waals surface area contributed by atoms with E-state index in [-0.39, 0.29) is 5.78 Å². The highest BCUT2D eigenvalue weighted by atomic mass is 16.1. The molecule has 0 aromatic rings. The van der Waals surface area contributed by atoms with E-state index in [0.29, 0.717) is 12.3 Å². The number of carbonyl (C=O) groups excluding carboxylic acids is 1. The van der Waals surface area contributed by atoms with E-state index in [1.165, 1.54) is 5.57 Å². The normalized spacial score (nSPS) is 28.2. The van der Waals surface area contributed by atoms with Crippen LogP contribution in [0.15, 0.2) is 36.0 Å². The Morgan fingerprint density at radius 3 is 3.27 bits per heavy atom.